The maximum absolute atomic E-state index is 11.8. The number of carbonyl (C=O) groups excluding carboxylic acids is 1. The Hall–Kier alpha value is -0.930. The highest BCUT2D eigenvalue weighted by Crippen LogP contribution is 2.25. The van der Waals surface area contributed by atoms with Crippen molar-refractivity contribution in [1.29, 1.82) is 0 Å². The first-order chi connectivity index (χ1) is 9.15. The van der Waals surface area contributed by atoms with Gasteiger partial charge in [-0.05, 0) is 37.0 Å². The third-order valence-corrected chi connectivity index (χ3v) is 4.19. The molecule has 104 valence electrons. The molecule has 5 heteroatoms. The van der Waals surface area contributed by atoms with Gasteiger partial charge in [0.25, 0.3) is 0 Å². The standard InChI is InChI=1S/C14H18Cl2N2O/c15-12-7-6-11(8-13(12)16)18-14(19)17-9-10-4-2-1-3-5-10/h6-8,10H,1-5,9H2,(H2,17,18,19). The monoisotopic (exact) mass is 300 g/mol. The average molecular weight is 301 g/mol. The molecule has 2 N–H and O–H groups in total. The van der Waals surface area contributed by atoms with Crippen LogP contribution in [-0.2, 0) is 0 Å². The molecule has 3 nitrogen and oxygen atoms in total. The molecule has 19 heavy (non-hydrogen) atoms. The molecule has 0 heterocycles. The van der Waals surface area contributed by atoms with E-state index in [1.165, 1.54) is 32.1 Å². The molecule has 0 saturated heterocycles. The Bertz CT molecular complexity index is 445. The normalized spacial score (nSPS) is 16.1. The zero-order valence-corrected chi connectivity index (χ0v) is 12.2. The second kappa shape index (κ2) is 7.01. The molecule has 0 spiro atoms. The number of amides is 2. The zero-order chi connectivity index (χ0) is 13.7. The molecule has 0 atom stereocenters. The molecule has 1 fully saturated rings. The number of rotatable bonds is 3. The van der Waals surface area contributed by atoms with Crippen LogP contribution in [0.25, 0.3) is 0 Å². The number of hydrogen-bond donors (Lipinski definition) is 2. The summed E-state index contributed by atoms with van der Waals surface area (Å²) >= 11 is 11.7. The van der Waals surface area contributed by atoms with Gasteiger partial charge in [-0.1, -0.05) is 42.5 Å². The molecule has 0 aliphatic heterocycles. The van der Waals surface area contributed by atoms with Crippen LogP contribution in [0.3, 0.4) is 0 Å². The predicted molar refractivity (Wildman–Crippen MR) is 80.1 cm³/mol. The van der Waals surface area contributed by atoms with Crippen molar-refractivity contribution in [3.63, 3.8) is 0 Å². The van der Waals surface area contributed by atoms with Crippen LogP contribution in [0.4, 0.5) is 10.5 Å². The van der Waals surface area contributed by atoms with E-state index in [0.717, 1.165) is 6.54 Å². The Morgan fingerprint density at radius 3 is 2.58 bits per heavy atom. The summed E-state index contributed by atoms with van der Waals surface area (Å²) in [6.07, 6.45) is 6.31. The van der Waals surface area contributed by atoms with Gasteiger partial charge in [0.2, 0.25) is 0 Å². The van der Waals surface area contributed by atoms with Gasteiger partial charge >= 0.3 is 6.03 Å². The first kappa shape index (κ1) is 14.5. The van der Waals surface area contributed by atoms with Gasteiger partial charge < -0.3 is 10.6 Å². The van der Waals surface area contributed by atoms with Crippen LogP contribution in [0.2, 0.25) is 10.0 Å². The summed E-state index contributed by atoms with van der Waals surface area (Å²) in [5.41, 5.74) is 0.649. The lowest BCUT2D eigenvalue weighted by Crippen LogP contribution is -2.33. The Balaban J connectivity index is 1.78. The topological polar surface area (TPSA) is 41.1 Å². The molecule has 1 aromatic rings. The molecule has 1 saturated carbocycles. The molecule has 0 bridgehead atoms. The third kappa shape index (κ3) is 4.59. The summed E-state index contributed by atoms with van der Waals surface area (Å²) < 4.78 is 0. The van der Waals surface area contributed by atoms with Crippen molar-refractivity contribution in [2.75, 3.05) is 11.9 Å². The highest BCUT2D eigenvalue weighted by atomic mass is 35.5. The lowest BCUT2D eigenvalue weighted by Gasteiger charge is -2.21. The van der Waals surface area contributed by atoms with E-state index in [4.69, 9.17) is 23.2 Å². The molecule has 2 amide bonds. The highest BCUT2D eigenvalue weighted by Gasteiger charge is 2.14. The van der Waals surface area contributed by atoms with Crippen molar-refractivity contribution >= 4 is 34.9 Å². The van der Waals surface area contributed by atoms with Crippen LogP contribution in [0.15, 0.2) is 18.2 Å². The first-order valence-electron chi connectivity index (χ1n) is 6.65. The minimum absolute atomic E-state index is 0.191. The van der Waals surface area contributed by atoms with Crippen molar-refractivity contribution in [3.8, 4) is 0 Å². The minimum Gasteiger partial charge on any atom is -0.338 e. The molecular formula is C14H18Cl2N2O. The van der Waals surface area contributed by atoms with Gasteiger partial charge in [0.05, 0.1) is 10.0 Å². The summed E-state index contributed by atoms with van der Waals surface area (Å²) in [5, 5.41) is 6.58. The first-order valence-corrected chi connectivity index (χ1v) is 7.40. The summed E-state index contributed by atoms with van der Waals surface area (Å²) in [7, 11) is 0. The molecule has 0 aromatic heterocycles. The van der Waals surface area contributed by atoms with Crippen molar-refractivity contribution < 1.29 is 4.79 Å². The SMILES string of the molecule is O=C(NCC1CCCCC1)Nc1ccc(Cl)c(Cl)c1. The lowest BCUT2D eigenvalue weighted by molar-refractivity contribution is 0.247. The summed E-state index contributed by atoms with van der Waals surface area (Å²) in [4.78, 5) is 11.8. The van der Waals surface area contributed by atoms with Crippen molar-refractivity contribution in [2.24, 2.45) is 5.92 Å². The minimum atomic E-state index is -0.191. The summed E-state index contributed by atoms with van der Waals surface area (Å²) in [6.45, 7) is 0.743. The molecule has 0 unspecified atom stereocenters. The van der Waals surface area contributed by atoms with Gasteiger partial charge in [-0.15, -0.1) is 0 Å². The van der Waals surface area contributed by atoms with Crippen molar-refractivity contribution in [1.82, 2.24) is 5.32 Å². The Morgan fingerprint density at radius 1 is 1.16 bits per heavy atom. The van der Waals surface area contributed by atoms with Gasteiger partial charge in [-0.3, -0.25) is 0 Å². The Labute approximate surface area is 123 Å². The van der Waals surface area contributed by atoms with Crippen LogP contribution in [0.1, 0.15) is 32.1 Å². The fourth-order valence-electron chi connectivity index (χ4n) is 2.38. The van der Waals surface area contributed by atoms with E-state index in [9.17, 15) is 4.79 Å². The molecule has 1 aromatic carbocycles. The van der Waals surface area contributed by atoms with Gasteiger partial charge in [0.15, 0.2) is 0 Å². The van der Waals surface area contributed by atoms with Crippen LogP contribution in [0, 0.1) is 5.92 Å². The van der Waals surface area contributed by atoms with Gasteiger partial charge in [-0.25, -0.2) is 4.79 Å². The number of hydrogen-bond acceptors (Lipinski definition) is 1. The van der Waals surface area contributed by atoms with Crippen LogP contribution in [-0.4, -0.2) is 12.6 Å². The number of carbonyl (C=O) groups is 1. The van der Waals surface area contributed by atoms with E-state index in [-0.39, 0.29) is 6.03 Å². The van der Waals surface area contributed by atoms with E-state index >= 15 is 0 Å². The van der Waals surface area contributed by atoms with E-state index in [2.05, 4.69) is 10.6 Å². The summed E-state index contributed by atoms with van der Waals surface area (Å²) in [6, 6.07) is 4.85. The van der Waals surface area contributed by atoms with Crippen LogP contribution < -0.4 is 10.6 Å². The van der Waals surface area contributed by atoms with E-state index < -0.39 is 0 Å². The highest BCUT2D eigenvalue weighted by molar-refractivity contribution is 6.42. The fraction of sp³-hybridized carbons (Fsp3) is 0.500. The van der Waals surface area contributed by atoms with Gasteiger partial charge in [-0.2, -0.15) is 0 Å². The number of halogens is 2. The average Bonchev–Trinajstić information content (AvgIpc) is 2.42. The van der Waals surface area contributed by atoms with Gasteiger partial charge in [0.1, 0.15) is 0 Å². The molecule has 0 radical (unpaired) electrons. The molecule has 1 aliphatic carbocycles. The Morgan fingerprint density at radius 2 is 1.89 bits per heavy atom. The second-order valence-corrected chi connectivity index (χ2v) is 5.78. The molecule has 2 rings (SSSR count). The molecule has 1 aliphatic rings. The second-order valence-electron chi connectivity index (χ2n) is 4.97. The number of urea groups is 1. The zero-order valence-electron chi connectivity index (χ0n) is 10.7. The van der Waals surface area contributed by atoms with E-state index in [1.54, 1.807) is 18.2 Å². The van der Waals surface area contributed by atoms with Gasteiger partial charge in [0, 0.05) is 12.2 Å². The lowest BCUT2D eigenvalue weighted by atomic mass is 9.89. The van der Waals surface area contributed by atoms with Crippen molar-refractivity contribution in [3.05, 3.63) is 28.2 Å². The summed E-state index contributed by atoms with van der Waals surface area (Å²) in [5.74, 6) is 0.619. The third-order valence-electron chi connectivity index (χ3n) is 3.45. The van der Waals surface area contributed by atoms with Crippen LogP contribution >= 0.6 is 23.2 Å². The van der Waals surface area contributed by atoms with Crippen LogP contribution in [0.5, 0.6) is 0 Å². The van der Waals surface area contributed by atoms with E-state index in [1.807, 2.05) is 0 Å². The predicted octanol–water partition coefficient (Wildman–Crippen LogP) is 4.70. The quantitative estimate of drug-likeness (QED) is 0.835. The fourth-order valence-corrected chi connectivity index (χ4v) is 2.68. The maximum Gasteiger partial charge on any atom is 0.319 e. The smallest absolute Gasteiger partial charge is 0.319 e. The number of benzene rings is 1. The van der Waals surface area contributed by atoms with E-state index in [0.29, 0.717) is 21.7 Å². The largest absolute Gasteiger partial charge is 0.338 e. The Kier molecular flexibility index (Phi) is 5.34. The number of nitrogens with one attached hydrogen (secondary N) is 2. The van der Waals surface area contributed by atoms with Crippen molar-refractivity contribution in [2.45, 2.75) is 32.1 Å². The maximum atomic E-state index is 11.8. The number of anilines is 1. The molecular weight excluding hydrogens is 283 g/mol.